The van der Waals surface area contributed by atoms with E-state index in [0.717, 1.165) is 32.6 Å². The Kier molecular flexibility index (Phi) is 6.59. The molecule has 0 aromatic carbocycles. The van der Waals surface area contributed by atoms with E-state index >= 15 is 0 Å². The first-order valence-electron chi connectivity index (χ1n) is 6.84. The summed E-state index contributed by atoms with van der Waals surface area (Å²) in [5.74, 6) is -0.289. The molecule has 5 nitrogen and oxygen atoms in total. The van der Waals surface area contributed by atoms with E-state index in [9.17, 15) is 4.79 Å². The Hall–Kier alpha value is -1.33. The van der Waals surface area contributed by atoms with Gasteiger partial charge in [0.25, 0.3) is 0 Å². The van der Waals surface area contributed by atoms with Crippen LogP contribution in [0.3, 0.4) is 0 Å². The number of rotatable bonds is 9. The summed E-state index contributed by atoms with van der Waals surface area (Å²) < 4.78 is 5.27. The molecule has 0 atom stereocenters. The second-order valence-electron chi connectivity index (χ2n) is 4.59. The first-order chi connectivity index (χ1) is 9.08. The van der Waals surface area contributed by atoms with Crippen LogP contribution < -0.4 is 5.32 Å². The van der Waals surface area contributed by atoms with Gasteiger partial charge in [0.15, 0.2) is 0 Å². The van der Waals surface area contributed by atoms with Crippen LogP contribution in [0.1, 0.15) is 42.1 Å². The molecule has 2 N–H and O–H groups in total. The zero-order valence-corrected chi connectivity index (χ0v) is 12.0. The number of carbonyl (C=O) groups is 1. The average molecular weight is 268 g/mol. The van der Waals surface area contributed by atoms with Gasteiger partial charge in [-0.2, -0.15) is 0 Å². The maximum absolute atomic E-state index is 10.8. The van der Waals surface area contributed by atoms with Gasteiger partial charge in [0.2, 0.25) is 5.76 Å². The van der Waals surface area contributed by atoms with Crippen LogP contribution in [0.15, 0.2) is 10.5 Å². The molecule has 0 aliphatic carbocycles. The van der Waals surface area contributed by atoms with Crippen molar-refractivity contribution >= 4 is 5.97 Å². The molecule has 1 aromatic heterocycles. The summed E-state index contributed by atoms with van der Waals surface area (Å²) >= 11 is 0. The molecule has 5 heteroatoms. The number of nitrogens with zero attached hydrogens (tertiary/aromatic N) is 1. The number of hydrogen-bond donors (Lipinski definition) is 2. The molecule has 19 heavy (non-hydrogen) atoms. The van der Waals surface area contributed by atoms with E-state index in [4.69, 9.17) is 9.52 Å². The van der Waals surface area contributed by atoms with Crippen LogP contribution >= 0.6 is 0 Å². The summed E-state index contributed by atoms with van der Waals surface area (Å²) in [6, 6.07) is 1.78. The Morgan fingerprint density at radius 3 is 2.63 bits per heavy atom. The van der Waals surface area contributed by atoms with Crippen molar-refractivity contribution in [2.24, 2.45) is 0 Å². The van der Waals surface area contributed by atoms with Crippen LogP contribution in [0.5, 0.6) is 0 Å². The lowest BCUT2D eigenvalue weighted by Gasteiger charge is -2.17. The third-order valence-electron chi connectivity index (χ3n) is 3.18. The van der Waals surface area contributed by atoms with Gasteiger partial charge in [-0.25, -0.2) is 4.79 Å². The molecule has 0 spiro atoms. The number of carboxylic acid groups (broad SMARTS) is 1. The SMILES string of the molecule is CCN(CC)CCCNCc1cc(C)c(C(=O)O)o1. The number of nitrogens with one attached hydrogen (secondary N) is 1. The smallest absolute Gasteiger partial charge is 0.372 e. The van der Waals surface area contributed by atoms with Crippen molar-refractivity contribution in [3.63, 3.8) is 0 Å². The number of aromatic carboxylic acids is 1. The van der Waals surface area contributed by atoms with Crippen LogP contribution in [0.25, 0.3) is 0 Å². The molecule has 0 aliphatic rings. The second kappa shape index (κ2) is 7.96. The van der Waals surface area contributed by atoms with E-state index in [1.54, 1.807) is 13.0 Å². The van der Waals surface area contributed by atoms with E-state index in [0.29, 0.717) is 17.9 Å². The Bertz CT molecular complexity index is 397. The summed E-state index contributed by atoms with van der Waals surface area (Å²) in [7, 11) is 0. The van der Waals surface area contributed by atoms with Crippen molar-refractivity contribution in [3.8, 4) is 0 Å². The minimum atomic E-state index is -1.01. The molecule has 0 saturated carbocycles. The monoisotopic (exact) mass is 268 g/mol. The lowest BCUT2D eigenvalue weighted by molar-refractivity contribution is 0.0659. The molecule has 1 aromatic rings. The van der Waals surface area contributed by atoms with Crippen molar-refractivity contribution in [2.45, 2.75) is 33.7 Å². The summed E-state index contributed by atoms with van der Waals surface area (Å²) in [5, 5.41) is 12.2. The van der Waals surface area contributed by atoms with Crippen LogP contribution in [-0.4, -0.2) is 42.2 Å². The van der Waals surface area contributed by atoms with Crippen LogP contribution in [-0.2, 0) is 6.54 Å². The Labute approximate surface area is 114 Å². The van der Waals surface area contributed by atoms with Gasteiger partial charge in [0, 0.05) is 5.56 Å². The largest absolute Gasteiger partial charge is 0.475 e. The molecule has 1 rings (SSSR count). The molecule has 0 amide bonds. The van der Waals surface area contributed by atoms with Crippen LogP contribution in [0.4, 0.5) is 0 Å². The first kappa shape index (κ1) is 15.7. The maximum Gasteiger partial charge on any atom is 0.372 e. The highest BCUT2D eigenvalue weighted by atomic mass is 16.4. The van der Waals surface area contributed by atoms with E-state index < -0.39 is 5.97 Å². The van der Waals surface area contributed by atoms with Crippen molar-refractivity contribution in [1.82, 2.24) is 10.2 Å². The summed E-state index contributed by atoms with van der Waals surface area (Å²) in [6.45, 7) is 10.8. The number of aryl methyl sites for hydroxylation is 1. The summed E-state index contributed by atoms with van der Waals surface area (Å²) in [6.07, 6.45) is 1.08. The van der Waals surface area contributed by atoms with Gasteiger partial charge >= 0.3 is 5.97 Å². The van der Waals surface area contributed by atoms with Gasteiger partial charge in [-0.15, -0.1) is 0 Å². The highest BCUT2D eigenvalue weighted by Gasteiger charge is 2.13. The molecule has 1 heterocycles. The molecule has 0 bridgehead atoms. The summed E-state index contributed by atoms with van der Waals surface area (Å²) in [5.41, 5.74) is 0.674. The number of furan rings is 1. The molecule has 108 valence electrons. The summed E-state index contributed by atoms with van der Waals surface area (Å²) in [4.78, 5) is 13.2. The molecule has 0 aliphatic heterocycles. The lowest BCUT2D eigenvalue weighted by atomic mass is 10.2. The van der Waals surface area contributed by atoms with E-state index in [1.807, 2.05) is 0 Å². The van der Waals surface area contributed by atoms with Crippen molar-refractivity contribution in [3.05, 3.63) is 23.2 Å². The van der Waals surface area contributed by atoms with Crippen LogP contribution in [0, 0.1) is 6.92 Å². The highest BCUT2D eigenvalue weighted by molar-refractivity contribution is 5.86. The maximum atomic E-state index is 10.8. The fourth-order valence-electron chi connectivity index (χ4n) is 2.03. The Balaban J connectivity index is 2.26. The van der Waals surface area contributed by atoms with E-state index in [2.05, 4.69) is 24.1 Å². The second-order valence-corrected chi connectivity index (χ2v) is 4.59. The van der Waals surface area contributed by atoms with Gasteiger partial charge < -0.3 is 19.7 Å². The van der Waals surface area contributed by atoms with E-state index in [-0.39, 0.29) is 5.76 Å². The van der Waals surface area contributed by atoms with Gasteiger partial charge in [-0.05, 0) is 45.6 Å². The predicted molar refractivity (Wildman–Crippen MR) is 74.5 cm³/mol. The minimum absolute atomic E-state index is 0.0416. The standard InChI is InChI=1S/C14H24N2O3/c1-4-16(5-2)8-6-7-15-10-12-9-11(3)13(19-12)14(17)18/h9,15H,4-8,10H2,1-3H3,(H,17,18). The number of carboxylic acids is 1. The fourth-order valence-corrected chi connectivity index (χ4v) is 2.03. The fraction of sp³-hybridized carbons (Fsp3) is 0.643. The lowest BCUT2D eigenvalue weighted by Crippen LogP contribution is -2.27. The van der Waals surface area contributed by atoms with E-state index in [1.165, 1.54) is 0 Å². The molecule has 0 saturated heterocycles. The predicted octanol–water partition coefficient (Wildman–Crippen LogP) is 2.11. The third-order valence-corrected chi connectivity index (χ3v) is 3.18. The Morgan fingerprint density at radius 2 is 2.11 bits per heavy atom. The quantitative estimate of drug-likeness (QED) is 0.671. The molecule has 0 unspecified atom stereocenters. The molecule has 0 fully saturated rings. The van der Waals surface area contributed by atoms with Gasteiger partial charge in [0.1, 0.15) is 5.76 Å². The van der Waals surface area contributed by atoms with Crippen molar-refractivity contribution in [2.75, 3.05) is 26.2 Å². The molecular weight excluding hydrogens is 244 g/mol. The normalized spacial score (nSPS) is 11.2. The minimum Gasteiger partial charge on any atom is -0.475 e. The van der Waals surface area contributed by atoms with Crippen LogP contribution in [0.2, 0.25) is 0 Å². The topological polar surface area (TPSA) is 65.7 Å². The third kappa shape index (κ3) is 5.04. The molecule has 0 radical (unpaired) electrons. The van der Waals surface area contributed by atoms with Crippen molar-refractivity contribution in [1.29, 1.82) is 0 Å². The van der Waals surface area contributed by atoms with Gasteiger partial charge in [-0.1, -0.05) is 13.8 Å². The Morgan fingerprint density at radius 1 is 1.42 bits per heavy atom. The molecular formula is C14H24N2O3. The zero-order chi connectivity index (χ0) is 14.3. The zero-order valence-electron chi connectivity index (χ0n) is 12.0. The van der Waals surface area contributed by atoms with Crippen molar-refractivity contribution < 1.29 is 14.3 Å². The highest BCUT2D eigenvalue weighted by Crippen LogP contribution is 2.14. The van der Waals surface area contributed by atoms with Gasteiger partial charge in [-0.3, -0.25) is 0 Å². The number of hydrogen-bond acceptors (Lipinski definition) is 4. The van der Waals surface area contributed by atoms with Gasteiger partial charge in [0.05, 0.1) is 6.54 Å². The average Bonchev–Trinajstić information content (AvgIpc) is 2.75. The first-order valence-corrected chi connectivity index (χ1v) is 6.84.